The van der Waals surface area contributed by atoms with E-state index >= 15 is 0 Å². The fourth-order valence-electron chi connectivity index (χ4n) is 3.01. The van der Waals surface area contributed by atoms with Crippen molar-refractivity contribution < 1.29 is 0 Å². The van der Waals surface area contributed by atoms with Crippen LogP contribution in [0, 0.1) is 5.41 Å². The van der Waals surface area contributed by atoms with Gasteiger partial charge in [0.2, 0.25) is 0 Å². The van der Waals surface area contributed by atoms with Gasteiger partial charge in [0.05, 0.1) is 11.7 Å². The third kappa shape index (κ3) is 4.06. The molecule has 1 fully saturated rings. The summed E-state index contributed by atoms with van der Waals surface area (Å²) >= 11 is 0. The fraction of sp³-hybridized carbons (Fsp3) is 0.812. The van der Waals surface area contributed by atoms with Gasteiger partial charge >= 0.3 is 0 Å². The smallest absolute Gasteiger partial charge is 0.0764 e. The van der Waals surface area contributed by atoms with Crippen LogP contribution in [0.15, 0.2) is 12.3 Å². The van der Waals surface area contributed by atoms with Crippen LogP contribution in [0.5, 0.6) is 0 Å². The molecule has 0 aliphatic heterocycles. The highest BCUT2D eigenvalue weighted by molar-refractivity contribution is 5.00. The molecule has 114 valence electrons. The lowest BCUT2D eigenvalue weighted by molar-refractivity contribution is 0.181. The number of rotatable bonds is 7. The van der Waals surface area contributed by atoms with Gasteiger partial charge in [-0.05, 0) is 37.4 Å². The minimum Gasteiger partial charge on any atom is -0.330 e. The Bertz CT molecular complexity index is 404. The Morgan fingerprint density at radius 2 is 2.10 bits per heavy atom. The molecule has 20 heavy (non-hydrogen) atoms. The molecule has 0 radical (unpaired) electrons. The normalized spacial score (nSPS) is 17.2. The molecular weight excluding hydrogens is 248 g/mol. The summed E-state index contributed by atoms with van der Waals surface area (Å²) in [5.74, 6) is 0. The first-order chi connectivity index (χ1) is 9.54. The van der Waals surface area contributed by atoms with Crippen molar-refractivity contribution in [1.29, 1.82) is 0 Å². The van der Waals surface area contributed by atoms with E-state index in [1.165, 1.54) is 31.4 Å². The lowest BCUT2D eigenvalue weighted by Crippen LogP contribution is -2.38. The van der Waals surface area contributed by atoms with Gasteiger partial charge in [0.15, 0.2) is 0 Å². The van der Waals surface area contributed by atoms with Crippen molar-refractivity contribution in [3.63, 3.8) is 0 Å². The molecule has 1 aliphatic carbocycles. The van der Waals surface area contributed by atoms with Crippen LogP contribution in [0.1, 0.15) is 58.2 Å². The van der Waals surface area contributed by atoms with Gasteiger partial charge in [-0.2, -0.15) is 5.10 Å². The summed E-state index contributed by atoms with van der Waals surface area (Å²) in [5, 5.41) is 4.78. The van der Waals surface area contributed by atoms with Gasteiger partial charge in [-0.15, -0.1) is 0 Å². The van der Waals surface area contributed by atoms with Crippen molar-refractivity contribution in [2.45, 2.75) is 59.0 Å². The number of hydrogen-bond acceptors (Lipinski definition) is 3. The summed E-state index contributed by atoms with van der Waals surface area (Å²) in [6, 6.07) is 2.82. The zero-order valence-corrected chi connectivity index (χ0v) is 13.3. The fourth-order valence-corrected chi connectivity index (χ4v) is 3.01. The largest absolute Gasteiger partial charge is 0.330 e. The quantitative estimate of drug-likeness (QED) is 0.834. The molecule has 0 atom stereocenters. The minimum absolute atomic E-state index is 0.171. The van der Waals surface area contributed by atoms with E-state index in [-0.39, 0.29) is 5.41 Å². The molecule has 1 heterocycles. The number of nitrogens with two attached hydrogens (primary N) is 1. The maximum Gasteiger partial charge on any atom is 0.0764 e. The first-order valence-corrected chi connectivity index (χ1v) is 8.00. The molecule has 0 bridgehead atoms. The molecule has 0 amide bonds. The molecule has 1 aromatic heterocycles. The lowest BCUT2D eigenvalue weighted by atomic mass is 9.93. The van der Waals surface area contributed by atoms with E-state index in [2.05, 4.69) is 42.6 Å². The van der Waals surface area contributed by atoms with Crippen LogP contribution in [-0.4, -0.2) is 34.3 Å². The molecule has 1 aliphatic rings. The molecule has 1 aromatic rings. The average molecular weight is 278 g/mol. The summed E-state index contributed by atoms with van der Waals surface area (Å²) in [7, 11) is 0. The standard InChI is InChI=1S/C16H30N4/c1-4-19(13-16(2,3)12-17)11-14-9-10-20(18-14)15-7-5-6-8-15/h9-10,15H,4-8,11-13,17H2,1-3H3. The van der Waals surface area contributed by atoms with Crippen molar-refractivity contribution in [2.75, 3.05) is 19.6 Å². The number of aromatic nitrogens is 2. The predicted molar refractivity (Wildman–Crippen MR) is 83.5 cm³/mol. The van der Waals surface area contributed by atoms with Gasteiger partial charge in [-0.1, -0.05) is 33.6 Å². The van der Waals surface area contributed by atoms with Crippen LogP contribution in [-0.2, 0) is 6.54 Å². The molecule has 2 rings (SSSR count). The van der Waals surface area contributed by atoms with Crippen molar-refractivity contribution in [1.82, 2.24) is 14.7 Å². The van der Waals surface area contributed by atoms with E-state index < -0.39 is 0 Å². The Morgan fingerprint density at radius 3 is 2.70 bits per heavy atom. The molecule has 0 unspecified atom stereocenters. The van der Waals surface area contributed by atoms with Crippen LogP contribution < -0.4 is 5.73 Å². The third-order valence-corrected chi connectivity index (χ3v) is 4.40. The molecule has 4 nitrogen and oxygen atoms in total. The van der Waals surface area contributed by atoms with E-state index in [0.717, 1.165) is 26.2 Å². The number of hydrogen-bond donors (Lipinski definition) is 1. The van der Waals surface area contributed by atoms with Crippen molar-refractivity contribution in [3.8, 4) is 0 Å². The van der Waals surface area contributed by atoms with Crippen LogP contribution in [0.25, 0.3) is 0 Å². The summed E-state index contributed by atoms with van der Waals surface area (Å²) in [4.78, 5) is 2.44. The van der Waals surface area contributed by atoms with Crippen LogP contribution in [0.4, 0.5) is 0 Å². The molecule has 0 spiro atoms. The highest BCUT2D eigenvalue weighted by atomic mass is 15.3. The Morgan fingerprint density at radius 1 is 1.40 bits per heavy atom. The monoisotopic (exact) mass is 278 g/mol. The van der Waals surface area contributed by atoms with Gasteiger partial charge in [0.25, 0.3) is 0 Å². The van der Waals surface area contributed by atoms with Crippen molar-refractivity contribution >= 4 is 0 Å². The second-order valence-corrected chi connectivity index (χ2v) is 6.90. The minimum atomic E-state index is 0.171. The van der Waals surface area contributed by atoms with Gasteiger partial charge in [0, 0.05) is 19.3 Å². The summed E-state index contributed by atoms with van der Waals surface area (Å²) in [6.45, 7) is 10.4. The summed E-state index contributed by atoms with van der Waals surface area (Å²) < 4.78 is 2.18. The van der Waals surface area contributed by atoms with E-state index in [1.54, 1.807) is 0 Å². The zero-order valence-electron chi connectivity index (χ0n) is 13.3. The second kappa shape index (κ2) is 6.72. The maximum atomic E-state index is 5.84. The molecule has 0 aromatic carbocycles. The van der Waals surface area contributed by atoms with Gasteiger partial charge in [-0.25, -0.2) is 0 Å². The van der Waals surface area contributed by atoms with E-state index in [1.807, 2.05) is 0 Å². The highest BCUT2D eigenvalue weighted by Crippen LogP contribution is 2.28. The van der Waals surface area contributed by atoms with E-state index in [0.29, 0.717) is 6.04 Å². The Kier molecular flexibility index (Phi) is 5.22. The zero-order chi connectivity index (χ0) is 14.6. The Hall–Kier alpha value is -0.870. The average Bonchev–Trinajstić information content (AvgIpc) is 3.08. The second-order valence-electron chi connectivity index (χ2n) is 6.90. The molecule has 1 saturated carbocycles. The van der Waals surface area contributed by atoms with Crippen molar-refractivity contribution in [3.05, 3.63) is 18.0 Å². The van der Waals surface area contributed by atoms with Crippen LogP contribution in [0.2, 0.25) is 0 Å². The molecule has 0 saturated heterocycles. The SMILES string of the molecule is CCN(Cc1ccn(C2CCCC2)n1)CC(C)(C)CN. The predicted octanol–water partition coefficient (Wildman–Crippen LogP) is 2.81. The van der Waals surface area contributed by atoms with E-state index in [4.69, 9.17) is 10.8 Å². The first kappa shape index (κ1) is 15.5. The van der Waals surface area contributed by atoms with Crippen molar-refractivity contribution in [2.24, 2.45) is 11.1 Å². The van der Waals surface area contributed by atoms with Crippen LogP contribution >= 0.6 is 0 Å². The third-order valence-electron chi connectivity index (χ3n) is 4.40. The molecule has 4 heteroatoms. The van der Waals surface area contributed by atoms with E-state index in [9.17, 15) is 0 Å². The summed E-state index contributed by atoms with van der Waals surface area (Å²) in [6.07, 6.45) is 7.45. The van der Waals surface area contributed by atoms with Crippen LogP contribution in [0.3, 0.4) is 0 Å². The number of nitrogens with zero attached hydrogens (tertiary/aromatic N) is 3. The maximum absolute atomic E-state index is 5.84. The molecular formula is C16H30N4. The van der Waals surface area contributed by atoms with Gasteiger partial charge < -0.3 is 5.73 Å². The summed E-state index contributed by atoms with van der Waals surface area (Å²) in [5.41, 5.74) is 7.20. The molecule has 2 N–H and O–H groups in total. The Balaban J connectivity index is 1.94. The first-order valence-electron chi connectivity index (χ1n) is 8.00. The van der Waals surface area contributed by atoms with Gasteiger partial charge in [0.1, 0.15) is 0 Å². The Labute approximate surface area is 123 Å². The lowest BCUT2D eigenvalue weighted by Gasteiger charge is -2.30. The van der Waals surface area contributed by atoms with Gasteiger partial charge in [-0.3, -0.25) is 9.58 Å². The highest BCUT2D eigenvalue weighted by Gasteiger charge is 2.21. The topological polar surface area (TPSA) is 47.1 Å².